The molecule has 3 N–H and O–H groups in total. The Morgan fingerprint density at radius 1 is 1.19 bits per heavy atom. The van der Waals surface area contributed by atoms with Crippen LogP contribution in [-0.2, 0) is 0 Å². The molecule has 0 spiro atoms. The predicted molar refractivity (Wildman–Crippen MR) is 102 cm³/mol. The number of amides is 2. The van der Waals surface area contributed by atoms with Gasteiger partial charge in [-0.2, -0.15) is 0 Å². The van der Waals surface area contributed by atoms with E-state index < -0.39 is 5.91 Å². The summed E-state index contributed by atoms with van der Waals surface area (Å²) >= 11 is 0. The van der Waals surface area contributed by atoms with Gasteiger partial charge in [0.05, 0.1) is 31.7 Å². The standard InChI is InChI=1S/C18H21N3O5.ClH/c1-24-15-6-12(17(22)20-10-11-8-19-9-11)13(7-16(15)25-2)21-18(23)14-4-3-5-26-14;/h3-7,11,19H,8-10H2,1-2H3,(H,20,22)(H,21,23);1H. The third-order valence-electron chi connectivity index (χ3n) is 4.18. The number of ether oxygens (including phenoxy) is 2. The van der Waals surface area contributed by atoms with E-state index in [1.807, 2.05) is 0 Å². The molecule has 1 aromatic carbocycles. The number of carbonyl (C=O) groups is 2. The molecule has 8 nitrogen and oxygen atoms in total. The van der Waals surface area contributed by atoms with Crippen LogP contribution in [-0.4, -0.2) is 45.7 Å². The Kier molecular flexibility index (Phi) is 7.09. The maximum atomic E-state index is 12.6. The number of rotatable bonds is 7. The summed E-state index contributed by atoms with van der Waals surface area (Å²) in [4.78, 5) is 25.0. The molecule has 0 bridgehead atoms. The van der Waals surface area contributed by atoms with Crippen LogP contribution in [0.15, 0.2) is 34.9 Å². The van der Waals surface area contributed by atoms with E-state index in [-0.39, 0.29) is 29.6 Å². The quantitative estimate of drug-likeness (QED) is 0.662. The van der Waals surface area contributed by atoms with E-state index in [4.69, 9.17) is 13.9 Å². The van der Waals surface area contributed by atoms with E-state index >= 15 is 0 Å². The fourth-order valence-corrected chi connectivity index (χ4v) is 2.59. The lowest BCUT2D eigenvalue weighted by atomic mass is 10.0. The molecular weight excluding hydrogens is 374 g/mol. The zero-order valence-corrected chi connectivity index (χ0v) is 15.9. The average molecular weight is 396 g/mol. The fraction of sp³-hybridized carbons (Fsp3) is 0.333. The van der Waals surface area contributed by atoms with Gasteiger partial charge in [0.15, 0.2) is 17.3 Å². The molecule has 2 amide bonds. The van der Waals surface area contributed by atoms with Gasteiger partial charge in [-0.05, 0) is 18.2 Å². The van der Waals surface area contributed by atoms with Gasteiger partial charge in [-0.15, -0.1) is 12.4 Å². The summed E-state index contributed by atoms with van der Waals surface area (Å²) in [6.45, 7) is 2.33. The molecule has 1 aliphatic rings. The molecule has 3 rings (SSSR count). The smallest absolute Gasteiger partial charge is 0.291 e. The number of hydrogen-bond donors (Lipinski definition) is 3. The molecule has 1 saturated heterocycles. The molecule has 0 atom stereocenters. The summed E-state index contributed by atoms with van der Waals surface area (Å²) in [6.07, 6.45) is 1.41. The molecule has 146 valence electrons. The molecule has 0 unspecified atom stereocenters. The van der Waals surface area contributed by atoms with Crippen molar-refractivity contribution in [3.8, 4) is 11.5 Å². The Hall–Kier alpha value is -2.71. The number of halogens is 1. The van der Waals surface area contributed by atoms with Crippen LogP contribution in [0.2, 0.25) is 0 Å². The highest BCUT2D eigenvalue weighted by Gasteiger charge is 2.22. The molecule has 0 radical (unpaired) electrons. The van der Waals surface area contributed by atoms with Gasteiger partial charge >= 0.3 is 0 Å². The summed E-state index contributed by atoms with van der Waals surface area (Å²) in [5.41, 5.74) is 0.600. The van der Waals surface area contributed by atoms with Crippen LogP contribution in [0.5, 0.6) is 11.5 Å². The Balaban J connectivity index is 0.00000261. The predicted octanol–water partition coefficient (Wildman–Crippen LogP) is 1.92. The van der Waals surface area contributed by atoms with E-state index in [1.54, 1.807) is 24.3 Å². The lowest BCUT2D eigenvalue weighted by Gasteiger charge is -2.27. The number of nitrogens with one attached hydrogen (secondary N) is 3. The molecule has 2 aromatic rings. The first-order chi connectivity index (χ1) is 12.6. The van der Waals surface area contributed by atoms with Gasteiger partial charge in [-0.25, -0.2) is 0 Å². The van der Waals surface area contributed by atoms with E-state index in [0.29, 0.717) is 29.6 Å². The number of methoxy groups -OCH3 is 2. The van der Waals surface area contributed by atoms with Crippen LogP contribution < -0.4 is 25.4 Å². The summed E-state index contributed by atoms with van der Waals surface area (Å²) < 4.78 is 15.6. The van der Waals surface area contributed by atoms with Crippen LogP contribution >= 0.6 is 12.4 Å². The van der Waals surface area contributed by atoms with Gasteiger partial charge in [0, 0.05) is 31.6 Å². The second-order valence-electron chi connectivity index (χ2n) is 5.92. The minimum absolute atomic E-state index is 0. The van der Waals surface area contributed by atoms with Crippen molar-refractivity contribution in [2.45, 2.75) is 0 Å². The van der Waals surface area contributed by atoms with Crippen LogP contribution in [0.1, 0.15) is 20.9 Å². The fourth-order valence-electron chi connectivity index (χ4n) is 2.59. The van der Waals surface area contributed by atoms with Gasteiger partial charge < -0.3 is 29.8 Å². The number of hydrogen-bond acceptors (Lipinski definition) is 6. The minimum atomic E-state index is -0.459. The molecule has 0 saturated carbocycles. The second-order valence-corrected chi connectivity index (χ2v) is 5.92. The van der Waals surface area contributed by atoms with Gasteiger partial charge in [-0.1, -0.05) is 0 Å². The first kappa shape index (κ1) is 20.6. The monoisotopic (exact) mass is 395 g/mol. The summed E-state index contributed by atoms with van der Waals surface area (Å²) in [5, 5.41) is 8.74. The lowest BCUT2D eigenvalue weighted by molar-refractivity contribution is 0.0942. The van der Waals surface area contributed by atoms with Crippen LogP contribution in [0.4, 0.5) is 5.69 Å². The van der Waals surface area contributed by atoms with E-state index in [9.17, 15) is 9.59 Å². The largest absolute Gasteiger partial charge is 0.493 e. The highest BCUT2D eigenvalue weighted by atomic mass is 35.5. The zero-order valence-electron chi connectivity index (χ0n) is 15.0. The van der Waals surface area contributed by atoms with Gasteiger partial charge in [0.1, 0.15) is 0 Å². The molecule has 2 heterocycles. The summed E-state index contributed by atoms with van der Waals surface area (Å²) in [7, 11) is 2.97. The maximum Gasteiger partial charge on any atom is 0.291 e. The third kappa shape index (κ3) is 4.72. The van der Waals surface area contributed by atoms with E-state index in [0.717, 1.165) is 13.1 Å². The normalized spacial score (nSPS) is 13.1. The Morgan fingerprint density at radius 2 is 1.89 bits per heavy atom. The number of furan rings is 1. The van der Waals surface area contributed by atoms with Crippen molar-refractivity contribution >= 4 is 29.9 Å². The Morgan fingerprint density at radius 3 is 2.44 bits per heavy atom. The molecular formula is C18H22ClN3O5. The average Bonchev–Trinajstić information content (AvgIpc) is 3.14. The molecule has 0 aliphatic carbocycles. The minimum Gasteiger partial charge on any atom is -0.493 e. The van der Waals surface area contributed by atoms with Gasteiger partial charge in [-0.3, -0.25) is 9.59 Å². The van der Waals surface area contributed by atoms with Crippen LogP contribution in [0, 0.1) is 5.92 Å². The Labute approximate surface area is 163 Å². The van der Waals surface area contributed by atoms with Crippen molar-refractivity contribution in [1.82, 2.24) is 10.6 Å². The lowest BCUT2D eigenvalue weighted by Crippen LogP contribution is -2.48. The van der Waals surface area contributed by atoms with E-state index in [1.165, 1.54) is 20.5 Å². The van der Waals surface area contributed by atoms with E-state index in [2.05, 4.69) is 16.0 Å². The highest BCUT2D eigenvalue weighted by molar-refractivity contribution is 6.08. The SMILES string of the molecule is COc1cc(NC(=O)c2ccco2)c(C(=O)NCC2CNC2)cc1OC.Cl. The Bertz CT molecular complexity index is 791. The topological polar surface area (TPSA) is 102 Å². The van der Waals surface area contributed by atoms with Crippen molar-refractivity contribution in [1.29, 1.82) is 0 Å². The summed E-state index contributed by atoms with van der Waals surface area (Å²) in [5.74, 6) is 0.611. The van der Waals surface area contributed by atoms with Crippen molar-refractivity contribution in [2.75, 3.05) is 39.2 Å². The maximum absolute atomic E-state index is 12.6. The molecule has 1 fully saturated rings. The van der Waals surface area contributed by atoms with Crippen molar-refractivity contribution in [2.24, 2.45) is 5.92 Å². The van der Waals surface area contributed by atoms with Crippen LogP contribution in [0.25, 0.3) is 0 Å². The first-order valence-corrected chi connectivity index (χ1v) is 8.22. The molecule has 9 heteroatoms. The highest BCUT2D eigenvalue weighted by Crippen LogP contribution is 2.33. The van der Waals surface area contributed by atoms with Gasteiger partial charge in [0.25, 0.3) is 11.8 Å². The number of benzene rings is 1. The van der Waals surface area contributed by atoms with Gasteiger partial charge in [0.2, 0.25) is 0 Å². The first-order valence-electron chi connectivity index (χ1n) is 8.22. The molecule has 27 heavy (non-hydrogen) atoms. The number of carbonyl (C=O) groups excluding carboxylic acids is 2. The van der Waals surface area contributed by atoms with Crippen molar-refractivity contribution in [3.63, 3.8) is 0 Å². The zero-order chi connectivity index (χ0) is 18.5. The molecule has 1 aliphatic heterocycles. The van der Waals surface area contributed by atoms with Crippen molar-refractivity contribution in [3.05, 3.63) is 41.9 Å². The van der Waals surface area contributed by atoms with Crippen LogP contribution in [0.3, 0.4) is 0 Å². The van der Waals surface area contributed by atoms with Crippen molar-refractivity contribution < 1.29 is 23.5 Å². The third-order valence-corrected chi connectivity index (χ3v) is 4.18. The second kappa shape index (κ2) is 9.29. The molecule has 1 aromatic heterocycles. The number of anilines is 1. The summed E-state index contributed by atoms with van der Waals surface area (Å²) in [6, 6.07) is 6.26.